The van der Waals surface area contributed by atoms with Crippen molar-refractivity contribution in [2.75, 3.05) is 32.7 Å². The lowest BCUT2D eigenvalue weighted by molar-refractivity contribution is -0.127. The molecule has 0 aromatic carbocycles. The minimum absolute atomic E-state index is 0.156. The Kier molecular flexibility index (Phi) is 6.43. The summed E-state index contributed by atoms with van der Waals surface area (Å²) >= 11 is 0. The largest absolute Gasteiger partial charge is 0.353 e. The molecule has 134 valence electrons. The Labute approximate surface area is 150 Å². The number of hydrogen-bond donors (Lipinski definition) is 1. The number of piperidine rings is 2. The van der Waals surface area contributed by atoms with Crippen LogP contribution in [0.4, 0.5) is 0 Å². The molecule has 1 aromatic heterocycles. The van der Waals surface area contributed by atoms with Crippen LogP contribution >= 0.6 is 0 Å². The first kappa shape index (κ1) is 17.9. The van der Waals surface area contributed by atoms with Gasteiger partial charge in [0.2, 0.25) is 5.91 Å². The van der Waals surface area contributed by atoms with E-state index in [-0.39, 0.29) is 11.8 Å². The highest BCUT2D eigenvalue weighted by molar-refractivity contribution is 5.79. The number of terminal acetylenes is 1. The Bertz CT molecular complexity index is 581. The van der Waals surface area contributed by atoms with Gasteiger partial charge in [0.15, 0.2) is 0 Å². The molecule has 25 heavy (non-hydrogen) atoms. The maximum Gasteiger partial charge on any atom is 0.223 e. The standard InChI is InChI=1S/C20H28N4O/c1-2-11-23-12-5-18(6-13-23)20(25)22-19-7-14-24(15-8-19)16-17-3-9-21-10-4-17/h1,3-4,9-10,18-19H,5-8,11-16H2,(H,22,25). The Balaban J connectivity index is 1.37. The molecule has 2 aliphatic rings. The summed E-state index contributed by atoms with van der Waals surface area (Å²) in [5.74, 6) is 3.09. The van der Waals surface area contributed by atoms with Gasteiger partial charge in [-0.15, -0.1) is 6.42 Å². The molecule has 0 bridgehead atoms. The fourth-order valence-corrected chi connectivity index (χ4v) is 3.78. The summed E-state index contributed by atoms with van der Waals surface area (Å²) in [7, 11) is 0. The molecule has 1 amide bonds. The smallest absolute Gasteiger partial charge is 0.223 e. The lowest BCUT2D eigenvalue weighted by Gasteiger charge is -2.34. The highest BCUT2D eigenvalue weighted by Crippen LogP contribution is 2.19. The predicted molar refractivity (Wildman–Crippen MR) is 98.7 cm³/mol. The number of rotatable bonds is 5. The molecule has 0 saturated carbocycles. The number of carbonyl (C=O) groups is 1. The molecule has 2 fully saturated rings. The SMILES string of the molecule is C#CCN1CCC(C(=O)NC2CCN(Cc3ccncc3)CC2)CC1. The third kappa shape index (κ3) is 5.29. The van der Waals surface area contributed by atoms with E-state index in [0.29, 0.717) is 12.6 Å². The van der Waals surface area contributed by atoms with Crippen LogP contribution in [0.2, 0.25) is 0 Å². The molecule has 1 N–H and O–H groups in total. The number of nitrogens with one attached hydrogen (secondary N) is 1. The van der Waals surface area contributed by atoms with Crippen LogP contribution in [0.1, 0.15) is 31.2 Å². The molecule has 0 aliphatic carbocycles. The fourth-order valence-electron chi connectivity index (χ4n) is 3.78. The first-order chi connectivity index (χ1) is 12.2. The van der Waals surface area contributed by atoms with Gasteiger partial charge in [-0.2, -0.15) is 0 Å². The Hall–Kier alpha value is -1.90. The number of hydrogen-bond acceptors (Lipinski definition) is 4. The van der Waals surface area contributed by atoms with E-state index in [4.69, 9.17) is 6.42 Å². The molecular formula is C20H28N4O. The van der Waals surface area contributed by atoms with E-state index in [2.05, 4.69) is 38.2 Å². The topological polar surface area (TPSA) is 48.5 Å². The van der Waals surface area contributed by atoms with Crippen molar-refractivity contribution < 1.29 is 4.79 Å². The van der Waals surface area contributed by atoms with Gasteiger partial charge in [-0.3, -0.25) is 19.6 Å². The van der Waals surface area contributed by atoms with Gasteiger partial charge in [0.1, 0.15) is 0 Å². The Morgan fingerprint density at radius 1 is 1.12 bits per heavy atom. The zero-order valence-corrected chi connectivity index (χ0v) is 14.9. The van der Waals surface area contributed by atoms with E-state index in [1.165, 1.54) is 5.56 Å². The van der Waals surface area contributed by atoms with Gasteiger partial charge >= 0.3 is 0 Å². The predicted octanol–water partition coefficient (Wildman–Crippen LogP) is 1.51. The van der Waals surface area contributed by atoms with Gasteiger partial charge in [0, 0.05) is 44.0 Å². The summed E-state index contributed by atoms with van der Waals surface area (Å²) in [6, 6.07) is 4.46. The molecule has 5 nitrogen and oxygen atoms in total. The van der Waals surface area contributed by atoms with Gasteiger partial charge in [-0.25, -0.2) is 0 Å². The quantitative estimate of drug-likeness (QED) is 0.826. The van der Waals surface area contributed by atoms with Crippen molar-refractivity contribution in [3.05, 3.63) is 30.1 Å². The molecule has 3 heterocycles. The van der Waals surface area contributed by atoms with E-state index in [0.717, 1.165) is 58.4 Å². The van der Waals surface area contributed by atoms with E-state index < -0.39 is 0 Å². The molecule has 0 unspecified atom stereocenters. The van der Waals surface area contributed by atoms with Crippen LogP contribution in [0, 0.1) is 18.3 Å². The van der Waals surface area contributed by atoms with Crippen molar-refractivity contribution >= 4 is 5.91 Å². The molecule has 0 radical (unpaired) electrons. The Morgan fingerprint density at radius 3 is 2.40 bits per heavy atom. The lowest BCUT2D eigenvalue weighted by Crippen LogP contribution is -2.48. The van der Waals surface area contributed by atoms with Crippen molar-refractivity contribution in [3.63, 3.8) is 0 Å². The summed E-state index contributed by atoms with van der Waals surface area (Å²) in [5.41, 5.74) is 1.30. The molecule has 0 spiro atoms. The summed E-state index contributed by atoms with van der Waals surface area (Å²) in [4.78, 5) is 21.3. The summed E-state index contributed by atoms with van der Waals surface area (Å²) < 4.78 is 0. The number of amides is 1. The zero-order valence-electron chi connectivity index (χ0n) is 14.9. The van der Waals surface area contributed by atoms with E-state index >= 15 is 0 Å². The van der Waals surface area contributed by atoms with Crippen LogP contribution in [0.25, 0.3) is 0 Å². The average Bonchev–Trinajstić information content (AvgIpc) is 2.65. The number of aromatic nitrogens is 1. The second-order valence-electron chi connectivity index (χ2n) is 7.17. The molecular weight excluding hydrogens is 312 g/mol. The third-order valence-corrected chi connectivity index (χ3v) is 5.36. The van der Waals surface area contributed by atoms with E-state index in [9.17, 15) is 4.79 Å². The first-order valence-electron chi connectivity index (χ1n) is 9.32. The van der Waals surface area contributed by atoms with Crippen LogP contribution in [0.15, 0.2) is 24.5 Å². The summed E-state index contributed by atoms with van der Waals surface area (Å²) in [5, 5.41) is 3.29. The molecule has 3 rings (SSSR count). The minimum Gasteiger partial charge on any atom is -0.353 e. The number of likely N-dealkylation sites (tertiary alicyclic amines) is 2. The highest BCUT2D eigenvalue weighted by atomic mass is 16.1. The second-order valence-corrected chi connectivity index (χ2v) is 7.17. The van der Waals surface area contributed by atoms with Crippen LogP contribution in [0.5, 0.6) is 0 Å². The average molecular weight is 340 g/mol. The van der Waals surface area contributed by atoms with Crippen LogP contribution < -0.4 is 5.32 Å². The van der Waals surface area contributed by atoms with E-state index in [1.54, 1.807) is 0 Å². The monoisotopic (exact) mass is 340 g/mol. The normalized spacial score (nSPS) is 20.9. The van der Waals surface area contributed by atoms with Gasteiger partial charge < -0.3 is 5.32 Å². The maximum atomic E-state index is 12.5. The summed E-state index contributed by atoms with van der Waals surface area (Å²) in [6.07, 6.45) is 13.0. The second kappa shape index (κ2) is 8.98. The van der Waals surface area contributed by atoms with Gasteiger partial charge in [-0.1, -0.05) is 5.92 Å². The van der Waals surface area contributed by atoms with Crippen molar-refractivity contribution in [2.24, 2.45) is 5.92 Å². The van der Waals surface area contributed by atoms with Crippen molar-refractivity contribution in [1.82, 2.24) is 20.1 Å². The highest BCUT2D eigenvalue weighted by Gasteiger charge is 2.27. The van der Waals surface area contributed by atoms with Crippen LogP contribution in [-0.4, -0.2) is 59.5 Å². The number of pyridine rings is 1. The molecule has 1 aromatic rings. The minimum atomic E-state index is 0.156. The number of nitrogens with zero attached hydrogens (tertiary/aromatic N) is 3. The summed E-state index contributed by atoms with van der Waals surface area (Å²) in [6.45, 7) is 5.61. The van der Waals surface area contributed by atoms with Crippen molar-refractivity contribution in [2.45, 2.75) is 38.3 Å². The number of carbonyl (C=O) groups excluding carboxylic acids is 1. The van der Waals surface area contributed by atoms with Crippen LogP contribution in [0.3, 0.4) is 0 Å². The van der Waals surface area contributed by atoms with Gasteiger partial charge in [0.25, 0.3) is 0 Å². The third-order valence-electron chi connectivity index (χ3n) is 5.36. The Morgan fingerprint density at radius 2 is 1.76 bits per heavy atom. The van der Waals surface area contributed by atoms with Crippen molar-refractivity contribution in [3.8, 4) is 12.3 Å². The maximum absolute atomic E-state index is 12.5. The molecule has 5 heteroatoms. The fraction of sp³-hybridized carbons (Fsp3) is 0.600. The van der Waals surface area contributed by atoms with E-state index in [1.807, 2.05) is 12.4 Å². The van der Waals surface area contributed by atoms with Crippen molar-refractivity contribution in [1.29, 1.82) is 0 Å². The van der Waals surface area contributed by atoms with Gasteiger partial charge in [0.05, 0.1) is 6.54 Å². The molecule has 2 saturated heterocycles. The molecule has 0 atom stereocenters. The van der Waals surface area contributed by atoms with Crippen LogP contribution in [-0.2, 0) is 11.3 Å². The van der Waals surface area contributed by atoms with Gasteiger partial charge in [-0.05, 0) is 56.5 Å². The first-order valence-corrected chi connectivity index (χ1v) is 9.32. The zero-order chi connectivity index (χ0) is 17.5. The lowest BCUT2D eigenvalue weighted by atomic mass is 9.94. The molecule has 2 aliphatic heterocycles.